The summed E-state index contributed by atoms with van der Waals surface area (Å²) in [7, 11) is 0. The van der Waals surface area contributed by atoms with Crippen LogP contribution in [0.4, 0.5) is 18.9 Å². The predicted octanol–water partition coefficient (Wildman–Crippen LogP) is 4.72. The number of hydrogen-bond donors (Lipinski definition) is 1. The van der Waals surface area contributed by atoms with Crippen LogP contribution >= 0.6 is 11.6 Å². The summed E-state index contributed by atoms with van der Waals surface area (Å²) in [5.41, 5.74) is -1.12. The highest BCUT2D eigenvalue weighted by molar-refractivity contribution is 6.39. The molecule has 0 radical (unpaired) electrons. The maximum atomic E-state index is 13.0. The number of rotatable bonds is 1. The molecule has 1 N–H and O–H groups in total. The molecule has 148 valence electrons. The molecular formula is C19H22ClF3N2O2. The summed E-state index contributed by atoms with van der Waals surface area (Å²) < 4.78 is 38.9. The first-order valence-electron chi connectivity index (χ1n) is 8.78. The molecule has 3 rings (SSSR count). The summed E-state index contributed by atoms with van der Waals surface area (Å²) in [4.78, 5) is 26.6. The summed E-state index contributed by atoms with van der Waals surface area (Å²) in [6.07, 6.45) is -2.03. The highest BCUT2D eigenvalue weighted by Crippen LogP contribution is 2.52. The fourth-order valence-corrected chi connectivity index (χ4v) is 5.06. The SMILES string of the molecule is CC1(C)CC2CC(C)(CN2C(=O)C(=O)Nc2ccc(Cl)c(C(F)(F)F)c2)C1. The van der Waals surface area contributed by atoms with Crippen molar-refractivity contribution in [2.24, 2.45) is 10.8 Å². The van der Waals surface area contributed by atoms with Crippen LogP contribution in [0, 0.1) is 10.8 Å². The normalized spacial score (nSPS) is 26.8. The molecule has 2 unspecified atom stereocenters. The van der Waals surface area contributed by atoms with Gasteiger partial charge in [-0.3, -0.25) is 9.59 Å². The van der Waals surface area contributed by atoms with Gasteiger partial charge in [-0.25, -0.2) is 0 Å². The van der Waals surface area contributed by atoms with Gasteiger partial charge in [-0.15, -0.1) is 0 Å². The Balaban J connectivity index is 1.75. The average molecular weight is 403 g/mol. The summed E-state index contributed by atoms with van der Waals surface area (Å²) in [5, 5.41) is 1.82. The van der Waals surface area contributed by atoms with Crippen LogP contribution in [0.25, 0.3) is 0 Å². The fourth-order valence-electron chi connectivity index (χ4n) is 4.83. The first-order valence-corrected chi connectivity index (χ1v) is 9.16. The number of alkyl halides is 3. The van der Waals surface area contributed by atoms with E-state index in [1.807, 2.05) is 0 Å². The number of amides is 2. The van der Waals surface area contributed by atoms with Crippen LogP contribution in [0.2, 0.25) is 5.02 Å². The second-order valence-corrected chi connectivity index (χ2v) is 9.20. The second-order valence-electron chi connectivity index (χ2n) is 8.79. The maximum Gasteiger partial charge on any atom is 0.417 e. The van der Waals surface area contributed by atoms with Crippen LogP contribution in [-0.4, -0.2) is 29.3 Å². The molecule has 8 heteroatoms. The minimum atomic E-state index is -4.64. The highest BCUT2D eigenvalue weighted by atomic mass is 35.5. The number of hydrogen-bond acceptors (Lipinski definition) is 2. The Bertz CT molecular complexity index is 794. The predicted molar refractivity (Wildman–Crippen MR) is 96.3 cm³/mol. The lowest BCUT2D eigenvalue weighted by Gasteiger charge is -2.39. The number of nitrogens with zero attached hydrogens (tertiary/aromatic N) is 1. The van der Waals surface area contributed by atoms with Crippen molar-refractivity contribution >= 4 is 29.1 Å². The molecule has 2 atom stereocenters. The van der Waals surface area contributed by atoms with Crippen molar-refractivity contribution in [3.05, 3.63) is 28.8 Å². The average Bonchev–Trinajstić information content (AvgIpc) is 2.76. The fraction of sp³-hybridized carbons (Fsp3) is 0.579. The Morgan fingerprint density at radius 1 is 1.22 bits per heavy atom. The molecule has 1 saturated carbocycles. The molecule has 1 aromatic carbocycles. The molecule has 1 aliphatic carbocycles. The van der Waals surface area contributed by atoms with Gasteiger partial charge in [0.05, 0.1) is 10.6 Å². The monoisotopic (exact) mass is 402 g/mol. The summed E-state index contributed by atoms with van der Waals surface area (Å²) >= 11 is 5.58. The Kier molecular flexibility index (Phi) is 4.74. The lowest BCUT2D eigenvalue weighted by atomic mass is 9.65. The number of carbonyl (C=O) groups excluding carboxylic acids is 2. The molecule has 1 aromatic rings. The van der Waals surface area contributed by atoms with Crippen LogP contribution < -0.4 is 5.32 Å². The zero-order valence-corrected chi connectivity index (χ0v) is 16.2. The number of halogens is 4. The van der Waals surface area contributed by atoms with Gasteiger partial charge < -0.3 is 10.2 Å². The number of nitrogens with one attached hydrogen (secondary N) is 1. The topological polar surface area (TPSA) is 49.4 Å². The van der Waals surface area contributed by atoms with Crippen molar-refractivity contribution < 1.29 is 22.8 Å². The van der Waals surface area contributed by atoms with E-state index in [9.17, 15) is 22.8 Å². The first-order chi connectivity index (χ1) is 12.3. The molecular weight excluding hydrogens is 381 g/mol. The van der Waals surface area contributed by atoms with E-state index in [1.54, 1.807) is 4.90 Å². The highest BCUT2D eigenvalue weighted by Gasteiger charge is 2.51. The molecule has 4 nitrogen and oxygen atoms in total. The van der Waals surface area contributed by atoms with Gasteiger partial charge in [0, 0.05) is 18.3 Å². The third-order valence-corrected chi connectivity index (χ3v) is 5.73. The third-order valence-electron chi connectivity index (χ3n) is 5.40. The molecule has 2 fully saturated rings. The lowest BCUT2D eigenvalue weighted by Crippen LogP contribution is -2.43. The van der Waals surface area contributed by atoms with Gasteiger partial charge in [-0.2, -0.15) is 13.2 Å². The molecule has 2 amide bonds. The van der Waals surface area contributed by atoms with Crippen LogP contribution in [0.5, 0.6) is 0 Å². The van der Waals surface area contributed by atoms with Crippen LogP contribution in [0.1, 0.15) is 45.6 Å². The standard InChI is InChI=1S/C19H22ClF3N2O2/c1-17(2)7-12-8-18(3,9-17)10-25(12)16(27)15(26)24-11-4-5-14(20)13(6-11)19(21,22)23/h4-6,12H,7-10H2,1-3H3,(H,24,26). The molecule has 1 heterocycles. The molecule has 2 bridgehead atoms. The van der Waals surface area contributed by atoms with Crippen molar-refractivity contribution in [3.63, 3.8) is 0 Å². The number of fused-ring (bicyclic) bond motifs is 2. The summed E-state index contributed by atoms with van der Waals surface area (Å²) in [5.74, 6) is -1.63. The van der Waals surface area contributed by atoms with Crippen LogP contribution in [0.15, 0.2) is 18.2 Å². The minimum Gasteiger partial charge on any atom is -0.331 e. The van der Waals surface area contributed by atoms with Gasteiger partial charge >= 0.3 is 18.0 Å². The molecule has 0 spiro atoms. The Morgan fingerprint density at radius 3 is 2.52 bits per heavy atom. The van der Waals surface area contributed by atoms with Crippen LogP contribution in [-0.2, 0) is 15.8 Å². The molecule has 1 saturated heterocycles. The van der Waals surface area contributed by atoms with E-state index in [-0.39, 0.29) is 22.6 Å². The van der Waals surface area contributed by atoms with Gasteiger partial charge in [0.15, 0.2) is 0 Å². The minimum absolute atomic E-state index is 0.0204. The summed E-state index contributed by atoms with van der Waals surface area (Å²) in [6.45, 7) is 6.90. The van der Waals surface area contributed by atoms with Gasteiger partial charge in [-0.1, -0.05) is 32.4 Å². The van der Waals surface area contributed by atoms with E-state index in [4.69, 9.17) is 11.6 Å². The second kappa shape index (κ2) is 6.40. The molecule has 27 heavy (non-hydrogen) atoms. The number of benzene rings is 1. The van der Waals surface area contributed by atoms with Crippen molar-refractivity contribution in [3.8, 4) is 0 Å². The van der Waals surface area contributed by atoms with E-state index in [0.29, 0.717) is 6.54 Å². The largest absolute Gasteiger partial charge is 0.417 e. The Labute approximate surface area is 161 Å². The van der Waals surface area contributed by atoms with E-state index in [0.717, 1.165) is 31.4 Å². The zero-order chi connectivity index (χ0) is 20.2. The van der Waals surface area contributed by atoms with Crippen LogP contribution in [0.3, 0.4) is 0 Å². The first kappa shape index (κ1) is 20.0. The Morgan fingerprint density at radius 2 is 1.89 bits per heavy atom. The van der Waals surface area contributed by atoms with E-state index in [1.165, 1.54) is 6.07 Å². The van der Waals surface area contributed by atoms with E-state index in [2.05, 4.69) is 26.1 Å². The van der Waals surface area contributed by atoms with E-state index < -0.39 is 28.6 Å². The Hall–Kier alpha value is -1.76. The number of likely N-dealkylation sites (tertiary alicyclic amines) is 1. The number of carbonyl (C=O) groups is 2. The molecule has 0 aromatic heterocycles. The quantitative estimate of drug-likeness (QED) is 0.691. The summed E-state index contributed by atoms with van der Waals surface area (Å²) in [6, 6.07) is 3.01. The molecule has 2 aliphatic rings. The van der Waals surface area contributed by atoms with E-state index >= 15 is 0 Å². The third kappa shape index (κ3) is 4.08. The molecule has 1 aliphatic heterocycles. The zero-order valence-electron chi connectivity index (χ0n) is 15.4. The smallest absolute Gasteiger partial charge is 0.331 e. The van der Waals surface area contributed by atoms with Crippen molar-refractivity contribution in [2.45, 2.75) is 52.3 Å². The van der Waals surface area contributed by atoms with Gasteiger partial charge in [0.1, 0.15) is 0 Å². The van der Waals surface area contributed by atoms with Crippen molar-refractivity contribution in [1.29, 1.82) is 0 Å². The number of anilines is 1. The van der Waals surface area contributed by atoms with Gasteiger partial charge in [-0.05, 0) is 48.3 Å². The lowest BCUT2D eigenvalue weighted by molar-refractivity contribution is -0.144. The van der Waals surface area contributed by atoms with Gasteiger partial charge in [0.2, 0.25) is 0 Å². The van der Waals surface area contributed by atoms with Crippen molar-refractivity contribution in [1.82, 2.24) is 4.90 Å². The van der Waals surface area contributed by atoms with Gasteiger partial charge in [0.25, 0.3) is 0 Å². The maximum absolute atomic E-state index is 13.0. The van der Waals surface area contributed by atoms with Crippen molar-refractivity contribution in [2.75, 3.05) is 11.9 Å².